The van der Waals surface area contributed by atoms with E-state index in [1.54, 1.807) is 11.3 Å². The Morgan fingerprint density at radius 3 is 2.89 bits per heavy atom. The highest BCUT2D eigenvalue weighted by atomic mass is 32.1. The number of aromatic nitrogens is 3. The van der Waals surface area contributed by atoms with Gasteiger partial charge in [-0.15, -0.1) is 11.3 Å². The maximum atomic E-state index is 4.56. The first-order valence-corrected chi connectivity index (χ1v) is 6.62. The zero-order valence-electron chi connectivity index (χ0n) is 10.3. The molecule has 92 valence electrons. The average molecular weight is 258 g/mol. The van der Waals surface area contributed by atoms with Gasteiger partial charge < -0.3 is 9.88 Å². The molecule has 0 saturated heterocycles. The van der Waals surface area contributed by atoms with E-state index in [9.17, 15) is 0 Å². The number of benzene rings is 1. The largest absolute Gasteiger partial charge is 0.349 e. The first kappa shape index (κ1) is 11.2. The molecule has 3 aromatic rings. The number of imidazole rings is 1. The van der Waals surface area contributed by atoms with Crippen LogP contribution in [0, 0.1) is 6.92 Å². The van der Waals surface area contributed by atoms with Gasteiger partial charge >= 0.3 is 0 Å². The van der Waals surface area contributed by atoms with Crippen LogP contribution in [-0.4, -0.2) is 14.5 Å². The fourth-order valence-corrected chi connectivity index (χ4v) is 2.67. The number of hydrogen-bond donors (Lipinski definition) is 1. The summed E-state index contributed by atoms with van der Waals surface area (Å²) in [4.78, 5) is 10.1. The average Bonchev–Trinajstić information content (AvgIpc) is 2.92. The van der Waals surface area contributed by atoms with E-state index in [0.717, 1.165) is 28.5 Å². The standard InChI is InChI=1S/C13H14N4S/c1-9-7-14-12(18-9)8-15-13-16-10-5-3-4-6-11(10)17(13)2/h3-7H,8H2,1-2H3,(H,15,16). The number of para-hydroxylation sites is 2. The van der Waals surface area contributed by atoms with Gasteiger partial charge in [-0.25, -0.2) is 9.97 Å². The van der Waals surface area contributed by atoms with Crippen molar-refractivity contribution >= 4 is 28.3 Å². The number of aryl methyl sites for hydroxylation is 2. The zero-order valence-corrected chi connectivity index (χ0v) is 11.2. The van der Waals surface area contributed by atoms with Crippen LogP contribution in [0.3, 0.4) is 0 Å². The first-order chi connectivity index (χ1) is 8.74. The Balaban J connectivity index is 1.84. The molecule has 4 nitrogen and oxygen atoms in total. The van der Waals surface area contributed by atoms with Crippen LogP contribution in [0.5, 0.6) is 0 Å². The highest BCUT2D eigenvalue weighted by Crippen LogP contribution is 2.19. The smallest absolute Gasteiger partial charge is 0.203 e. The molecule has 5 heteroatoms. The second-order valence-corrected chi connectivity index (χ2v) is 5.52. The van der Waals surface area contributed by atoms with E-state index >= 15 is 0 Å². The van der Waals surface area contributed by atoms with Crippen molar-refractivity contribution in [3.8, 4) is 0 Å². The van der Waals surface area contributed by atoms with Gasteiger partial charge in [0.2, 0.25) is 5.95 Å². The third-order valence-electron chi connectivity index (χ3n) is 2.85. The molecule has 0 bridgehead atoms. The minimum Gasteiger partial charge on any atom is -0.349 e. The van der Waals surface area contributed by atoms with Gasteiger partial charge in [-0.2, -0.15) is 0 Å². The molecule has 0 saturated carbocycles. The molecule has 0 unspecified atom stereocenters. The maximum absolute atomic E-state index is 4.56. The Morgan fingerprint density at radius 2 is 2.17 bits per heavy atom. The van der Waals surface area contributed by atoms with E-state index in [4.69, 9.17) is 0 Å². The quantitative estimate of drug-likeness (QED) is 0.785. The van der Waals surface area contributed by atoms with Crippen molar-refractivity contribution in [1.82, 2.24) is 14.5 Å². The van der Waals surface area contributed by atoms with E-state index in [-0.39, 0.29) is 0 Å². The maximum Gasteiger partial charge on any atom is 0.203 e. The predicted molar refractivity (Wildman–Crippen MR) is 74.9 cm³/mol. The van der Waals surface area contributed by atoms with Crippen LogP contribution in [0.15, 0.2) is 30.5 Å². The van der Waals surface area contributed by atoms with Crippen LogP contribution < -0.4 is 5.32 Å². The Labute approximate surface area is 109 Å². The summed E-state index contributed by atoms with van der Waals surface area (Å²) >= 11 is 1.71. The van der Waals surface area contributed by atoms with Gasteiger partial charge in [0.05, 0.1) is 17.6 Å². The van der Waals surface area contributed by atoms with Crippen LogP contribution in [0.2, 0.25) is 0 Å². The number of hydrogen-bond acceptors (Lipinski definition) is 4. The lowest BCUT2D eigenvalue weighted by Crippen LogP contribution is -2.04. The summed E-state index contributed by atoms with van der Waals surface area (Å²) < 4.78 is 2.07. The summed E-state index contributed by atoms with van der Waals surface area (Å²) in [5, 5.41) is 4.41. The second-order valence-electron chi connectivity index (χ2n) is 4.20. The van der Waals surface area contributed by atoms with Gasteiger partial charge in [0.15, 0.2) is 0 Å². The van der Waals surface area contributed by atoms with Crippen LogP contribution in [0.4, 0.5) is 5.95 Å². The topological polar surface area (TPSA) is 42.7 Å². The second kappa shape index (κ2) is 4.42. The van der Waals surface area contributed by atoms with E-state index in [0.29, 0.717) is 0 Å². The highest BCUT2D eigenvalue weighted by Gasteiger charge is 2.07. The minimum atomic E-state index is 0.718. The molecule has 2 heterocycles. The zero-order chi connectivity index (χ0) is 12.5. The molecule has 1 aromatic carbocycles. The highest BCUT2D eigenvalue weighted by molar-refractivity contribution is 7.11. The van der Waals surface area contributed by atoms with Gasteiger partial charge in [0.25, 0.3) is 0 Å². The Morgan fingerprint density at radius 1 is 1.33 bits per heavy atom. The number of nitrogens with one attached hydrogen (secondary N) is 1. The molecule has 0 atom stereocenters. The van der Waals surface area contributed by atoms with Crippen LogP contribution in [-0.2, 0) is 13.6 Å². The molecular weight excluding hydrogens is 244 g/mol. The van der Waals surface area contributed by atoms with Crippen molar-refractivity contribution in [3.05, 3.63) is 40.3 Å². The van der Waals surface area contributed by atoms with Crippen LogP contribution in [0.1, 0.15) is 9.88 Å². The summed E-state index contributed by atoms with van der Waals surface area (Å²) in [6.45, 7) is 2.78. The van der Waals surface area contributed by atoms with Gasteiger partial charge in [0, 0.05) is 18.1 Å². The lowest BCUT2D eigenvalue weighted by Gasteiger charge is -2.03. The molecule has 0 amide bonds. The Bertz CT molecular complexity index is 683. The normalized spacial score (nSPS) is 11.0. The number of fused-ring (bicyclic) bond motifs is 1. The first-order valence-electron chi connectivity index (χ1n) is 5.80. The molecule has 0 fully saturated rings. The van der Waals surface area contributed by atoms with Crippen LogP contribution in [0.25, 0.3) is 11.0 Å². The number of anilines is 1. The van der Waals surface area contributed by atoms with Crippen molar-refractivity contribution in [2.45, 2.75) is 13.5 Å². The number of rotatable bonds is 3. The minimum absolute atomic E-state index is 0.718. The van der Waals surface area contributed by atoms with Gasteiger partial charge in [0.1, 0.15) is 5.01 Å². The van der Waals surface area contributed by atoms with E-state index in [2.05, 4.69) is 32.8 Å². The van der Waals surface area contributed by atoms with E-state index in [1.165, 1.54) is 4.88 Å². The molecule has 18 heavy (non-hydrogen) atoms. The molecule has 0 radical (unpaired) electrons. The third-order valence-corrected chi connectivity index (χ3v) is 3.77. The number of thiazole rings is 1. The van der Waals surface area contributed by atoms with Crippen molar-refractivity contribution in [1.29, 1.82) is 0 Å². The molecule has 0 aliphatic rings. The molecule has 0 spiro atoms. The van der Waals surface area contributed by atoms with Crippen molar-refractivity contribution in [2.24, 2.45) is 7.05 Å². The fourth-order valence-electron chi connectivity index (χ4n) is 1.94. The summed E-state index contributed by atoms with van der Waals surface area (Å²) in [6.07, 6.45) is 1.90. The SMILES string of the molecule is Cc1cnc(CNc2nc3ccccc3n2C)s1. The monoisotopic (exact) mass is 258 g/mol. The molecular formula is C13H14N4S. The van der Waals surface area contributed by atoms with E-state index < -0.39 is 0 Å². The predicted octanol–water partition coefficient (Wildman–Crippen LogP) is 2.95. The van der Waals surface area contributed by atoms with E-state index in [1.807, 2.05) is 31.4 Å². The van der Waals surface area contributed by atoms with Gasteiger partial charge in [-0.3, -0.25) is 0 Å². The lowest BCUT2D eigenvalue weighted by atomic mass is 10.3. The van der Waals surface area contributed by atoms with Gasteiger partial charge in [-0.1, -0.05) is 12.1 Å². The van der Waals surface area contributed by atoms with Gasteiger partial charge in [-0.05, 0) is 19.1 Å². The van der Waals surface area contributed by atoms with Crippen molar-refractivity contribution in [2.75, 3.05) is 5.32 Å². The van der Waals surface area contributed by atoms with Crippen molar-refractivity contribution in [3.63, 3.8) is 0 Å². The Hall–Kier alpha value is -1.88. The van der Waals surface area contributed by atoms with Crippen molar-refractivity contribution < 1.29 is 0 Å². The summed E-state index contributed by atoms with van der Waals surface area (Å²) in [7, 11) is 2.02. The van der Waals surface area contributed by atoms with Crippen LogP contribution >= 0.6 is 11.3 Å². The summed E-state index contributed by atoms with van der Waals surface area (Å²) in [5.41, 5.74) is 2.15. The third kappa shape index (κ3) is 1.97. The molecule has 1 N–H and O–H groups in total. The molecule has 2 aromatic heterocycles. The fraction of sp³-hybridized carbons (Fsp3) is 0.231. The lowest BCUT2D eigenvalue weighted by molar-refractivity contribution is 0.924. The molecule has 3 rings (SSSR count). The number of nitrogens with zero attached hydrogens (tertiary/aromatic N) is 3. The Kier molecular flexibility index (Phi) is 2.76. The summed E-state index contributed by atoms with van der Waals surface area (Å²) in [6, 6.07) is 8.12. The molecule has 0 aliphatic heterocycles. The molecule has 0 aliphatic carbocycles. The summed E-state index contributed by atoms with van der Waals surface area (Å²) in [5.74, 6) is 0.879.